The molecule has 1 atom stereocenters. The molecule has 1 aliphatic rings. The first-order chi connectivity index (χ1) is 11.5. The van der Waals surface area contributed by atoms with Gasteiger partial charge in [-0.05, 0) is 67.6 Å². The standard InChI is InChI=1S/C18H19Cl2NO2S/c1-11-8-16(24-10-11)17(14-3-2-13(19)9-15(14)20)21-6-4-12(5-7-21)18(22)23/h2-3,8-10,12,17H,4-7H2,1H3,(H,22,23). The van der Waals surface area contributed by atoms with Crippen molar-refractivity contribution < 1.29 is 9.90 Å². The van der Waals surface area contributed by atoms with Crippen LogP contribution in [0.2, 0.25) is 10.0 Å². The molecule has 3 rings (SSSR count). The van der Waals surface area contributed by atoms with E-state index in [0.717, 1.165) is 18.7 Å². The molecule has 0 bridgehead atoms. The molecule has 0 amide bonds. The number of rotatable bonds is 4. The molecule has 1 aromatic heterocycles. The van der Waals surface area contributed by atoms with Gasteiger partial charge < -0.3 is 5.11 Å². The third-order valence-corrected chi connectivity index (χ3v) is 6.19. The van der Waals surface area contributed by atoms with Gasteiger partial charge >= 0.3 is 5.97 Å². The van der Waals surface area contributed by atoms with Crippen LogP contribution in [0.4, 0.5) is 0 Å². The number of nitrogens with zero attached hydrogens (tertiary/aromatic N) is 1. The van der Waals surface area contributed by atoms with E-state index in [9.17, 15) is 9.90 Å². The van der Waals surface area contributed by atoms with Gasteiger partial charge in [0, 0.05) is 14.9 Å². The highest BCUT2D eigenvalue weighted by molar-refractivity contribution is 7.10. The highest BCUT2D eigenvalue weighted by Crippen LogP contribution is 2.39. The number of carbonyl (C=O) groups is 1. The van der Waals surface area contributed by atoms with Crippen molar-refractivity contribution in [2.75, 3.05) is 13.1 Å². The molecular weight excluding hydrogens is 365 g/mol. The number of carboxylic acid groups (broad SMARTS) is 1. The maximum Gasteiger partial charge on any atom is 0.306 e. The summed E-state index contributed by atoms with van der Waals surface area (Å²) in [6.07, 6.45) is 1.34. The monoisotopic (exact) mass is 383 g/mol. The van der Waals surface area contributed by atoms with E-state index in [1.165, 1.54) is 10.4 Å². The average molecular weight is 384 g/mol. The summed E-state index contributed by atoms with van der Waals surface area (Å²) in [6.45, 7) is 3.58. The second-order valence-electron chi connectivity index (χ2n) is 6.24. The summed E-state index contributed by atoms with van der Waals surface area (Å²) in [4.78, 5) is 14.8. The third kappa shape index (κ3) is 3.77. The third-order valence-electron chi connectivity index (χ3n) is 4.52. The lowest BCUT2D eigenvalue weighted by molar-refractivity contribution is -0.143. The average Bonchev–Trinajstić information content (AvgIpc) is 2.96. The van der Waals surface area contributed by atoms with E-state index in [1.807, 2.05) is 12.1 Å². The molecule has 0 spiro atoms. The fourth-order valence-electron chi connectivity index (χ4n) is 3.25. The Hall–Kier alpha value is -1.07. The van der Waals surface area contributed by atoms with Crippen LogP contribution >= 0.6 is 34.5 Å². The van der Waals surface area contributed by atoms with E-state index in [1.54, 1.807) is 17.4 Å². The molecule has 6 heteroatoms. The molecule has 2 heterocycles. The second kappa shape index (κ2) is 7.44. The lowest BCUT2D eigenvalue weighted by Gasteiger charge is -2.36. The summed E-state index contributed by atoms with van der Waals surface area (Å²) < 4.78 is 0. The van der Waals surface area contributed by atoms with E-state index in [2.05, 4.69) is 23.3 Å². The van der Waals surface area contributed by atoms with Crippen molar-refractivity contribution in [2.45, 2.75) is 25.8 Å². The number of halogens is 2. The molecule has 24 heavy (non-hydrogen) atoms. The molecule has 1 aromatic carbocycles. The Balaban J connectivity index is 1.93. The summed E-state index contributed by atoms with van der Waals surface area (Å²) in [5.74, 6) is -0.935. The van der Waals surface area contributed by atoms with E-state index in [4.69, 9.17) is 23.2 Å². The normalized spacial score (nSPS) is 17.8. The van der Waals surface area contributed by atoms with Gasteiger partial charge in [0.05, 0.1) is 12.0 Å². The number of hydrogen-bond donors (Lipinski definition) is 1. The number of piperidine rings is 1. The van der Waals surface area contributed by atoms with Gasteiger partial charge in [0.1, 0.15) is 0 Å². The smallest absolute Gasteiger partial charge is 0.306 e. The Morgan fingerprint density at radius 2 is 2.00 bits per heavy atom. The Morgan fingerprint density at radius 1 is 1.29 bits per heavy atom. The summed E-state index contributed by atoms with van der Waals surface area (Å²) in [5, 5.41) is 12.6. The van der Waals surface area contributed by atoms with Crippen molar-refractivity contribution >= 4 is 40.5 Å². The maximum atomic E-state index is 11.2. The predicted molar refractivity (Wildman–Crippen MR) is 99.3 cm³/mol. The zero-order valence-corrected chi connectivity index (χ0v) is 15.7. The van der Waals surface area contributed by atoms with Crippen LogP contribution in [0.3, 0.4) is 0 Å². The van der Waals surface area contributed by atoms with E-state index in [-0.39, 0.29) is 12.0 Å². The topological polar surface area (TPSA) is 40.5 Å². The quantitative estimate of drug-likeness (QED) is 0.783. The first-order valence-corrected chi connectivity index (χ1v) is 9.56. The van der Waals surface area contributed by atoms with E-state index < -0.39 is 5.97 Å². The Morgan fingerprint density at radius 3 is 2.54 bits per heavy atom. The van der Waals surface area contributed by atoms with Crippen molar-refractivity contribution in [3.8, 4) is 0 Å². The van der Waals surface area contributed by atoms with Crippen molar-refractivity contribution in [1.29, 1.82) is 0 Å². The fraction of sp³-hybridized carbons (Fsp3) is 0.389. The number of aryl methyl sites for hydroxylation is 1. The summed E-state index contributed by atoms with van der Waals surface area (Å²) in [6, 6.07) is 7.84. The molecule has 1 saturated heterocycles. The molecule has 1 N–H and O–H groups in total. The van der Waals surface area contributed by atoms with Gasteiger partial charge in [0.15, 0.2) is 0 Å². The second-order valence-corrected chi connectivity index (χ2v) is 8.03. The van der Waals surface area contributed by atoms with Crippen molar-refractivity contribution in [2.24, 2.45) is 5.92 Å². The Labute approximate surface area is 155 Å². The molecule has 1 unspecified atom stereocenters. The van der Waals surface area contributed by atoms with E-state index in [0.29, 0.717) is 22.9 Å². The molecule has 128 valence electrons. The first kappa shape index (κ1) is 17.7. The van der Waals surface area contributed by atoms with Gasteiger partial charge in [-0.2, -0.15) is 0 Å². The first-order valence-electron chi connectivity index (χ1n) is 7.92. The zero-order chi connectivity index (χ0) is 17.3. The number of hydrogen-bond acceptors (Lipinski definition) is 3. The number of benzene rings is 1. The van der Waals surface area contributed by atoms with Gasteiger partial charge in [0.2, 0.25) is 0 Å². The van der Waals surface area contributed by atoms with Crippen LogP contribution in [0.1, 0.15) is 34.9 Å². The number of aliphatic carboxylic acids is 1. The van der Waals surface area contributed by atoms with Crippen molar-refractivity contribution in [3.63, 3.8) is 0 Å². The summed E-state index contributed by atoms with van der Waals surface area (Å²) >= 11 is 14.2. The maximum absolute atomic E-state index is 11.2. The minimum atomic E-state index is -0.692. The van der Waals surface area contributed by atoms with Gasteiger partial charge in [-0.1, -0.05) is 29.3 Å². The highest BCUT2D eigenvalue weighted by Gasteiger charge is 2.31. The van der Waals surface area contributed by atoms with E-state index >= 15 is 0 Å². The fourth-order valence-corrected chi connectivity index (χ4v) is 4.82. The minimum absolute atomic E-state index is 0.0446. The highest BCUT2D eigenvalue weighted by atomic mass is 35.5. The zero-order valence-electron chi connectivity index (χ0n) is 13.3. The molecule has 1 fully saturated rings. The van der Waals surface area contributed by atoms with Crippen LogP contribution in [-0.2, 0) is 4.79 Å². The van der Waals surface area contributed by atoms with Crippen molar-refractivity contribution in [3.05, 3.63) is 55.7 Å². The van der Waals surface area contributed by atoms with Crippen LogP contribution < -0.4 is 0 Å². The largest absolute Gasteiger partial charge is 0.481 e. The Kier molecular flexibility index (Phi) is 5.50. The molecule has 3 nitrogen and oxygen atoms in total. The minimum Gasteiger partial charge on any atom is -0.481 e. The lowest BCUT2D eigenvalue weighted by Crippen LogP contribution is -2.39. The van der Waals surface area contributed by atoms with Crippen LogP contribution in [0.5, 0.6) is 0 Å². The molecule has 0 radical (unpaired) electrons. The van der Waals surface area contributed by atoms with Crippen LogP contribution in [-0.4, -0.2) is 29.1 Å². The van der Waals surface area contributed by atoms with Crippen LogP contribution in [0, 0.1) is 12.8 Å². The Bertz CT molecular complexity index is 738. The number of carboxylic acids is 1. The number of likely N-dealkylation sites (tertiary alicyclic amines) is 1. The lowest BCUT2D eigenvalue weighted by atomic mass is 9.93. The molecule has 0 aliphatic carbocycles. The summed E-state index contributed by atoms with van der Waals surface area (Å²) in [7, 11) is 0. The molecule has 0 saturated carbocycles. The predicted octanol–water partition coefficient (Wildman–Crippen LogP) is 5.25. The van der Waals surface area contributed by atoms with Gasteiger partial charge in [-0.3, -0.25) is 9.69 Å². The van der Waals surface area contributed by atoms with Crippen LogP contribution in [0.25, 0.3) is 0 Å². The van der Waals surface area contributed by atoms with Gasteiger partial charge in [0.25, 0.3) is 0 Å². The molecule has 2 aromatic rings. The van der Waals surface area contributed by atoms with Gasteiger partial charge in [-0.25, -0.2) is 0 Å². The summed E-state index contributed by atoms with van der Waals surface area (Å²) in [5.41, 5.74) is 2.25. The number of thiophene rings is 1. The molecular formula is C18H19Cl2NO2S. The molecule has 1 aliphatic heterocycles. The van der Waals surface area contributed by atoms with Crippen molar-refractivity contribution in [1.82, 2.24) is 4.90 Å². The van der Waals surface area contributed by atoms with Gasteiger partial charge in [-0.15, -0.1) is 11.3 Å². The van der Waals surface area contributed by atoms with Crippen LogP contribution in [0.15, 0.2) is 29.6 Å². The SMILES string of the molecule is Cc1csc(C(c2ccc(Cl)cc2Cl)N2CCC(C(=O)O)CC2)c1.